The van der Waals surface area contributed by atoms with Crippen molar-refractivity contribution >= 4 is 17.7 Å². The summed E-state index contributed by atoms with van der Waals surface area (Å²) in [5.41, 5.74) is 0. The molecule has 0 spiro atoms. The Morgan fingerprint density at radius 3 is 2.32 bits per heavy atom. The third-order valence-electron chi connectivity index (χ3n) is 3.47. The van der Waals surface area contributed by atoms with Gasteiger partial charge in [0.05, 0.1) is 0 Å². The van der Waals surface area contributed by atoms with Gasteiger partial charge in [-0.2, -0.15) is 0 Å². The minimum Gasteiger partial charge on any atom is -0.352 e. The summed E-state index contributed by atoms with van der Waals surface area (Å²) >= 11 is 0. The lowest BCUT2D eigenvalue weighted by atomic mass is 10.2. The molecule has 0 aliphatic carbocycles. The SMILES string of the molecule is CC(=O)NC1CCN(C(=O)C(=O)N2CCNCC2)C1. The summed E-state index contributed by atoms with van der Waals surface area (Å²) in [5, 5.41) is 5.92. The maximum absolute atomic E-state index is 12.1. The number of carbonyl (C=O) groups excluding carboxylic acids is 3. The van der Waals surface area contributed by atoms with E-state index < -0.39 is 11.8 Å². The van der Waals surface area contributed by atoms with Crippen molar-refractivity contribution < 1.29 is 14.4 Å². The van der Waals surface area contributed by atoms with E-state index in [2.05, 4.69) is 10.6 Å². The molecule has 2 aliphatic heterocycles. The van der Waals surface area contributed by atoms with Crippen LogP contribution >= 0.6 is 0 Å². The van der Waals surface area contributed by atoms with Crippen molar-refractivity contribution in [1.82, 2.24) is 20.4 Å². The monoisotopic (exact) mass is 268 g/mol. The molecular weight excluding hydrogens is 248 g/mol. The van der Waals surface area contributed by atoms with Crippen LogP contribution in [0.25, 0.3) is 0 Å². The summed E-state index contributed by atoms with van der Waals surface area (Å²) in [4.78, 5) is 38.2. The first-order chi connectivity index (χ1) is 9.08. The molecule has 0 aromatic carbocycles. The van der Waals surface area contributed by atoms with Crippen LogP contribution < -0.4 is 10.6 Å². The van der Waals surface area contributed by atoms with Crippen LogP contribution in [0.5, 0.6) is 0 Å². The minimum atomic E-state index is -0.449. The largest absolute Gasteiger partial charge is 0.352 e. The van der Waals surface area contributed by atoms with E-state index in [1.54, 1.807) is 4.90 Å². The van der Waals surface area contributed by atoms with Gasteiger partial charge in [-0.25, -0.2) is 0 Å². The number of carbonyl (C=O) groups is 3. The van der Waals surface area contributed by atoms with Crippen LogP contribution in [-0.4, -0.2) is 72.8 Å². The van der Waals surface area contributed by atoms with Crippen molar-refractivity contribution in [1.29, 1.82) is 0 Å². The van der Waals surface area contributed by atoms with Crippen molar-refractivity contribution in [2.45, 2.75) is 19.4 Å². The highest BCUT2D eigenvalue weighted by atomic mass is 16.2. The standard InChI is InChI=1S/C12H20N4O3/c1-9(17)14-10-2-5-16(8-10)12(19)11(18)15-6-3-13-4-7-15/h10,13H,2-8H2,1H3,(H,14,17). The molecule has 0 aromatic heterocycles. The maximum Gasteiger partial charge on any atom is 0.312 e. The molecule has 7 heteroatoms. The third-order valence-corrected chi connectivity index (χ3v) is 3.47. The first kappa shape index (κ1) is 13.8. The van der Waals surface area contributed by atoms with E-state index in [1.165, 1.54) is 11.8 Å². The molecule has 2 rings (SSSR count). The second kappa shape index (κ2) is 6.01. The molecular formula is C12H20N4O3. The van der Waals surface area contributed by atoms with Gasteiger partial charge in [-0.1, -0.05) is 0 Å². The van der Waals surface area contributed by atoms with Gasteiger partial charge in [0.2, 0.25) is 5.91 Å². The second-order valence-electron chi connectivity index (χ2n) is 4.98. The average molecular weight is 268 g/mol. The molecule has 3 amide bonds. The van der Waals surface area contributed by atoms with Crippen LogP contribution in [0.2, 0.25) is 0 Å². The molecule has 0 aromatic rings. The minimum absolute atomic E-state index is 0.0303. The van der Waals surface area contributed by atoms with Crippen LogP contribution in [0, 0.1) is 0 Å². The predicted molar refractivity (Wildman–Crippen MR) is 68.3 cm³/mol. The Hall–Kier alpha value is -1.63. The van der Waals surface area contributed by atoms with E-state index in [0.29, 0.717) is 32.6 Å². The Balaban J connectivity index is 1.86. The Morgan fingerprint density at radius 1 is 1.05 bits per heavy atom. The summed E-state index contributed by atoms with van der Waals surface area (Å²) in [7, 11) is 0. The van der Waals surface area contributed by atoms with Gasteiger partial charge in [0.15, 0.2) is 0 Å². The Labute approximate surface area is 112 Å². The molecule has 0 saturated carbocycles. The van der Waals surface area contributed by atoms with Crippen LogP contribution in [0.4, 0.5) is 0 Å². The number of piperazine rings is 1. The Kier molecular flexibility index (Phi) is 4.36. The van der Waals surface area contributed by atoms with Crippen molar-refractivity contribution in [3.63, 3.8) is 0 Å². The van der Waals surface area contributed by atoms with Gasteiger partial charge in [0.25, 0.3) is 0 Å². The fraction of sp³-hybridized carbons (Fsp3) is 0.750. The Morgan fingerprint density at radius 2 is 1.68 bits per heavy atom. The summed E-state index contributed by atoms with van der Waals surface area (Å²) in [6.07, 6.45) is 0.708. The fourth-order valence-corrected chi connectivity index (χ4v) is 2.49. The van der Waals surface area contributed by atoms with E-state index in [4.69, 9.17) is 0 Å². The van der Waals surface area contributed by atoms with E-state index in [0.717, 1.165) is 13.1 Å². The van der Waals surface area contributed by atoms with Crippen molar-refractivity contribution in [3.05, 3.63) is 0 Å². The number of nitrogens with one attached hydrogen (secondary N) is 2. The van der Waals surface area contributed by atoms with Gasteiger partial charge in [-0.15, -0.1) is 0 Å². The zero-order valence-electron chi connectivity index (χ0n) is 11.1. The summed E-state index contributed by atoms with van der Waals surface area (Å²) in [5.74, 6) is -0.979. The predicted octanol–water partition coefficient (Wildman–Crippen LogP) is -1.84. The highest BCUT2D eigenvalue weighted by Crippen LogP contribution is 2.10. The van der Waals surface area contributed by atoms with E-state index in [1.807, 2.05) is 0 Å². The smallest absolute Gasteiger partial charge is 0.312 e. The first-order valence-corrected chi connectivity index (χ1v) is 6.64. The average Bonchev–Trinajstić information content (AvgIpc) is 2.85. The van der Waals surface area contributed by atoms with E-state index >= 15 is 0 Å². The summed E-state index contributed by atoms with van der Waals surface area (Å²) in [6.45, 7) is 5.02. The van der Waals surface area contributed by atoms with Gasteiger partial charge in [-0.05, 0) is 6.42 Å². The van der Waals surface area contributed by atoms with Crippen molar-refractivity contribution in [2.75, 3.05) is 39.3 Å². The first-order valence-electron chi connectivity index (χ1n) is 6.64. The maximum atomic E-state index is 12.1. The molecule has 106 valence electrons. The molecule has 1 unspecified atom stereocenters. The third kappa shape index (κ3) is 3.44. The molecule has 0 bridgehead atoms. The quantitative estimate of drug-likeness (QED) is 0.547. The number of hydrogen-bond donors (Lipinski definition) is 2. The number of amides is 3. The lowest BCUT2D eigenvalue weighted by Gasteiger charge is -2.28. The molecule has 0 radical (unpaired) electrons. The number of rotatable bonds is 1. The zero-order valence-corrected chi connectivity index (χ0v) is 11.1. The lowest BCUT2D eigenvalue weighted by molar-refractivity contribution is -0.151. The Bertz CT molecular complexity index is 379. The topological polar surface area (TPSA) is 81.8 Å². The highest BCUT2D eigenvalue weighted by molar-refractivity contribution is 6.35. The molecule has 1 atom stereocenters. The van der Waals surface area contributed by atoms with Crippen molar-refractivity contribution in [3.8, 4) is 0 Å². The molecule has 19 heavy (non-hydrogen) atoms. The number of hydrogen-bond acceptors (Lipinski definition) is 4. The van der Waals surface area contributed by atoms with Gasteiger partial charge in [0.1, 0.15) is 0 Å². The zero-order chi connectivity index (χ0) is 13.8. The molecule has 2 heterocycles. The molecule has 7 nitrogen and oxygen atoms in total. The van der Waals surface area contributed by atoms with Crippen LogP contribution in [0.15, 0.2) is 0 Å². The summed E-state index contributed by atoms with van der Waals surface area (Å²) in [6, 6.07) is -0.0303. The van der Waals surface area contributed by atoms with E-state index in [9.17, 15) is 14.4 Å². The van der Waals surface area contributed by atoms with Gasteiger partial charge in [-0.3, -0.25) is 14.4 Å². The fourth-order valence-electron chi connectivity index (χ4n) is 2.49. The van der Waals surface area contributed by atoms with E-state index in [-0.39, 0.29) is 11.9 Å². The molecule has 2 N–H and O–H groups in total. The number of nitrogens with zero attached hydrogens (tertiary/aromatic N) is 2. The molecule has 2 fully saturated rings. The normalized spacial score (nSPS) is 23.3. The summed E-state index contributed by atoms with van der Waals surface area (Å²) < 4.78 is 0. The number of likely N-dealkylation sites (tertiary alicyclic amines) is 1. The van der Waals surface area contributed by atoms with Crippen molar-refractivity contribution in [2.24, 2.45) is 0 Å². The van der Waals surface area contributed by atoms with Crippen LogP contribution in [0.3, 0.4) is 0 Å². The molecule has 2 aliphatic rings. The van der Waals surface area contributed by atoms with Gasteiger partial charge >= 0.3 is 11.8 Å². The second-order valence-corrected chi connectivity index (χ2v) is 4.98. The van der Waals surface area contributed by atoms with Crippen LogP contribution in [-0.2, 0) is 14.4 Å². The van der Waals surface area contributed by atoms with Crippen LogP contribution in [0.1, 0.15) is 13.3 Å². The van der Waals surface area contributed by atoms with Gasteiger partial charge < -0.3 is 20.4 Å². The van der Waals surface area contributed by atoms with Gasteiger partial charge in [0, 0.05) is 52.2 Å². The lowest BCUT2D eigenvalue weighted by Crippen LogP contribution is -2.52. The molecule has 2 saturated heterocycles. The highest BCUT2D eigenvalue weighted by Gasteiger charge is 2.33.